The van der Waals surface area contributed by atoms with Crippen LogP contribution in [0.4, 0.5) is 5.69 Å². The van der Waals surface area contributed by atoms with Crippen molar-refractivity contribution >= 4 is 27.5 Å². The van der Waals surface area contributed by atoms with Gasteiger partial charge in [-0.1, -0.05) is 48.5 Å². The lowest BCUT2D eigenvalue weighted by Crippen LogP contribution is -2.52. The van der Waals surface area contributed by atoms with Gasteiger partial charge in [0.2, 0.25) is 21.8 Å². The number of carbonyl (C=O) groups excluding carboxylic acids is 2. The highest BCUT2D eigenvalue weighted by Gasteiger charge is 2.29. The molecule has 0 radical (unpaired) electrons. The zero-order valence-corrected chi connectivity index (χ0v) is 22.1. The summed E-state index contributed by atoms with van der Waals surface area (Å²) in [6.45, 7) is 3.71. The third kappa shape index (κ3) is 8.08. The molecule has 0 aromatic heterocycles. The molecule has 3 aromatic carbocycles. The molecule has 0 spiro atoms. The van der Waals surface area contributed by atoms with Gasteiger partial charge in [0.1, 0.15) is 24.1 Å². The first-order valence-electron chi connectivity index (χ1n) is 12.1. The number of carbonyl (C=O) groups is 2. The van der Waals surface area contributed by atoms with Gasteiger partial charge in [0.05, 0.1) is 11.9 Å². The van der Waals surface area contributed by atoms with Gasteiger partial charge in [0, 0.05) is 13.1 Å². The Morgan fingerprint density at radius 1 is 0.892 bits per heavy atom. The molecule has 0 saturated carbocycles. The molecule has 2 amide bonds. The van der Waals surface area contributed by atoms with E-state index in [1.165, 1.54) is 4.90 Å². The zero-order chi connectivity index (χ0) is 26.8. The first-order chi connectivity index (χ1) is 17.7. The highest BCUT2D eigenvalue weighted by molar-refractivity contribution is 7.92. The molecule has 0 bridgehead atoms. The fourth-order valence-electron chi connectivity index (χ4n) is 3.81. The van der Waals surface area contributed by atoms with Crippen LogP contribution in [0.2, 0.25) is 0 Å². The van der Waals surface area contributed by atoms with Crippen LogP contribution < -0.4 is 14.4 Å². The number of ether oxygens (including phenoxy) is 1. The fourth-order valence-corrected chi connectivity index (χ4v) is 4.66. The van der Waals surface area contributed by atoms with Crippen LogP contribution in [0.5, 0.6) is 11.5 Å². The maximum absolute atomic E-state index is 13.5. The van der Waals surface area contributed by atoms with Crippen LogP contribution in [0.15, 0.2) is 84.9 Å². The van der Waals surface area contributed by atoms with Gasteiger partial charge in [-0.2, -0.15) is 0 Å². The van der Waals surface area contributed by atoms with Crippen molar-refractivity contribution in [2.45, 2.75) is 26.3 Å². The molecular formula is C28H33N3O5S. The summed E-state index contributed by atoms with van der Waals surface area (Å²) in [4.78, 5) is 27.5. The van der Waals surface area contributed by atoms with Gasteiger partial charge in [-0.25, -0.2) is 8.42 Å². The summed E-state index contributed by atoms with van der Waals surface area (Å²) in [5.41, 5.74) is 1.34. The minimum Gasteiger partial charge on any atom is -0.457 e. The summed E-state index contributed by atoms with van der Waals surface area (Å²) in [6, 6.07) is 24.5. The molecule has 3 rings (SSSR count). The number of para-hydroxylation sites is 1. The third-order valence-electron chi connectivity index (χ3n) is 5.79. The molecule has 0 unspecified atom stereocenters. The average molecular weight is 524 g/mol. The Morgan fingerprint density at radius 3 is 2.03 bits per heavy atom. The second-order valence-electron chi connectivity index (χ2n) is 8.57. The van der Waals surface area contributed by atoms with Gasteiger partial charge in [-0.05, 0) is 62.2 Å². The number of nitrogens with one attached hydrogen (secondary N) is 1. The summed E-state index contributed by atoms with van der Waals surface area (Å²) in [6.07, 6.45) is 1.58. The maximum atomic E-state index is 13.5. The number of nitrogens with zero attached hydrogens (tertiary/aromatic N) is 2. The van der Waals surface area contributed by atoms with E-state index in [-0.39, 0.29) is 12.5 Å². The van der Waals surface area contributed by atoms with E-state index >= 15 is 0 Å². The van der Waals surface area contributed by atoms with Gasteiger partial charge in [-0.15, -0.1) is 0 Å². The highest BCUT2D eigenvalue weighted by Crippen LogP contribution is 2.25. The van der Waals surface area contributed by atoms with Crippen LogP contribution in [0.25, 0.3) is 0 Å². The molecule has 1 N–H and O–H groups in total. The van der Waals surface area contributed by atoms with Crippen molar-refractivity contribution in [1.82, 2.24) is 10.2 Å². The third-order valence-corrected chi connectivity index (χ3v) is 6.93. The maximum Gasteiger partial charge on any atom is 0.244 e. The summed E-state index contributed by atoms with van der Waals surface area (Å²) in [7, 11) is -3.80. The monoisotopic (exact) mass is 523 g/mol. The Morgan fingerprint density at radius 2 is 1.46 bits per heavy atom. The number of likely N-dealkylation sites (N-methyl/N-ethyl adjacent to an activating group) is 1. The molecule has 8 nitrogen and oxygen atoms in total. The molecule has 0 saturated heterocycles. The topological polar surface area (TPSA) is 96.0 Å². The van der Waals surface area contributed by atoms with Crippen LogP contribution in [0, 0.1) is 0 Å². The molecule has 3 aromatic rings. The van der Waals surface area contributed by atoms with E-state index in [1.807, 2.05) is 60.7 Å². The van der Waals surface area contributed by atoms with E-state index in [1.54, 1.807) is 38.1 Å². The molecule has 0 fully saturated rings. The summed E-state index contributed by atoms with van der Waals surface area (Å²) in [5.74, 6) is 0.421. The lowest BCUT2D eigenvalue weighted by molar-refractivity contribution is -0.138. The second-order valence-corrected chi connectivity index (χ2v) is 10.5. The van der Waals surface area contributed by atoms with Gasteiger partial charge >= 0.3 is 0 Å². The molecule has 37 heavy (non-hydrogen) atoms. The van der Waals surface area contributed by atoms with Crippen molar-refractivity contribution in [2.24, 2.45) is 0 Å². The number of hydrogen-bond acceptors (Lipinski definition) is 5. The molecule has 0 heterocycles. The molecule has 0 aliphatic rings. The Labute approximate surface area is 218 Å². The van der Waals surface area contributed by atoms with Gasteiger partial charge in [-0.3, -0.25) is 13.9 Å². The van der Waals surface area contributed by atoms with Crippen LogP contribution in [0.1, 0.15) is 19.4 Å². The first kappa shape index (κ1) is 27.7. The minimum absolute atomic E-state index is 0.266. The van der Waals surface area contributed by atoms with E-state index in [2.05, 4.69) is 5.32 Å². The van der Waals surface area contributed by atoms with E-state index in [0.29, 0.717) is 30.2 Å². The van der Waals surface area contributed by atoms with E-state index in [0.717, 1.165) is 16.1 Å². The molecule has 196 valence electrons. The quantitative estimate of drug-likeness (QED) is 0.389. The van der Waals surface area contributed by atoms with E-state index < -0.39 is 28.5 Å². The largest absolute Gasteiger partial charge is 0.457 e. The number of amides is 2. The SMILES string of the molecule is CCNC(=O)[C@@H](C)N(CCc1ccccc1)C(=O)CN(c1ccc(Oc2ccccc2)cc1)S(C)(=O)=O. The molecule has 9 heteroatoms. The Bertz CT molecular complexity index is 1270. The Kier molecular flexibility index (Phi) is 9.68. The van der Waals surface area contributed by atoms with Crippen molar-refractivity contribution in [1.29, 1.82) is 0 Å². The molecule has 1 atom stereocenters. The Hall–Kier alpha value is -3.85. The lowest BCUT2D eigenvalue weighted by atomic mass is 10.1. The minimum atomic E-state index is -3.80. The smallest absolute Gasteiger partial charge is 0.244 e. The number of rotatable bonds is 12. The predicted octanol–water partition coefficient (Wildman–Crippen LogP) is 3.84. The van der Waals surface area contributed by atoms with Crippen LogP contribution in [-0.4, -0.2) is 57.1 Å². The van der Waals surface area contributed by atoms with Gasteiger partial charge in [0.15, 0.2) is 0 Å². The van der Waals surface area contributed by atoms with Crippen molar-refractivity contribution in [2.75, 3.05) is 30.2 Å². The number of hydrogen-bond donors (Lipinski definition) is 1. The zero-order valence-electron chi connectivity index (χ0n) is 21.3. The van der Waals surface area contributed by atoms with Crippen LogP contribution in [0.3, 0.4) is 0 Å². The van der Waals surface area contributed by atoms with E-state index in [4.69, 9.17) is 4.74 Å². The van der Waals surface area contributed by atoms with Gasteiger partial charge < -0.3 is 15.0 Å². The lowest BCUT2D eigenvalue weighted by Gasteiger charge is -2.31. The first-order valence-corrected chi connectivity index (χ1v) is 14.0. The standard InChI is InChI=1S/C28H33N3O5S/c1-4-29-28(33)22(2)30(20-19-23-11-7-5-8-12-23)27(32)21-31(37(3,34)35)24-15-17-26(18-16-24)36-25-13-9-6-10-14-25/h5-18,22H,4,19-21H2,1-3H3,(H,29,33)/t22-/m1/s1. The molecular weight excluding hydrogens is 490 g/mol. The normalized spacial score (nSPS) is 11.9. The second kappa shape index (κ2) is 12.9. The Balaban J connectivity index is 1.80. The summed E-state index contributed by atoms with van der Waals surface area (Å²) < 4.78 is 32.2. The summed E-state index contributed by atoms with van der Waals surface area (Å²) in [5, 5.41) is 2.74. The van der Waals surface area contributed by atoms with Crippen molar-refractivity contribution in [3.63, 3.8) is 0 Å². The average Bonchev–Trinajstić information content (AvgIpc) is 2.88. The number of anilines is 1. The number of benzene rings is 3. The summed E-state index contributed by atoms with van der Waals surface area (Å²) >= 11 is 0. The highest BCUT2D eigenvalue weighted by atomic mass is 32.2. The van der Waals surface area contributed by atoms with Crippen molar-refractivity contribution in [3.8, 4) is 11.5 Å². The predicted molar refractivity (Wildman–Crippen MR) is 145 cm³/mol. The fraction of sp³-hybridized carbons (Fsp3) is 0.286. The molecule has 0 aliphatic heterocycles. The van der Waals surface area contributed by atoms with Gasteiger partial charge in [0.25, 0.3) is 0 Å². The molecule has 0 aliphatic carbocycles. The number of sulfonamides is 1. The van der Waals surface area contributed by atoms with E-state index in [9.17, 15) is 18.0 Å². The van der Waals surface area contributed by atoms with Crippen molar-refractivity contribution < 1.29 is 22.7 Å². The van der Waals surface area contributed by atoms with Crippen LogP contribution >= 0.6 is 0 Å². The van der Waals surface area contributed by atoms with Crippen LogP contribution in [-0.2, 0) is 26.0 Å². The van der Waals surface area contributed by atoms with Crippen molar-refractivity contribution in [3.05, 3.63) is 90.5 Å².